The second kappa shape index (κ2) is 6.62. The number of halogens is 1. The molecule has 4 heterocycles. The van der Waals surface area contributed by atoms with Crippen LogP contribution in [0.2, 0.25) is 0 Å². The van der Waals surface area contributed by atoms with Gasteiger partial charge in [-0.2, -0.15) is 5.10 Å². The van der Waals surface area contributed by atoms with Crippen LogP contribution in [0.3, 0.4) is 0 Å². The highest BCUT2D eigenvalue weighted by Crippen LogP contribution is 2.40. The lowest BCUT2D eigenvalue weighted by Gasteiger charge is -2.16. The van der Waals surface area contributed by atoms with Crippen LogP contribution in [-0.4, -0.2) is 39.7 Å². The largest absolute Gasteiger partial charge is 0.492 e. The molecule has 0 fully saturated rings. The van der Waals surface area contributed by atoms with Crippen LogP contribution in [-0.2, 0) is 6.42 Å². The zero-order chi connectivity index (χ0) is 20.0. The third kappa shape index (κ3) is 2.70. The normalized spacial score (nSPS) is 13.2. The standard InChI is InChI=1S/C20H17FN6O2/c1-29-18-12(21)3-2-4-14(18)26-17-15-13(6-8-23-20(15)28)25-16(17)10-5-7-22-19-11(10)9-24-27-19/h2-5,7,9,25-26H,6,8H2,1H3,(H,23,28)(H,22,24,27). The van der Waals surface area contributed by atoms with Gasteiger partial charge in [-0.1, -0.05) is 6.07 Å². The molecule has 0 spiro atoms. The van der Waals surface area contributed by atoms with E-state index in [1.54, 1.807) is 24.5 Å². The number of pyridine rings is 1. The lowest BCUT2D eigenvalue weighted by Crippen LogP contribution is -2.31. The fraction of sp³-hybridized carbons (Fsp3) is 0.150. The number of aromatic amines is 2. The molecule has 5 rings (SSSR count). The minimum Gasteiger partial charge on any atom is -0.492 e. The van der Waals surface area contributed by atoms with Crippen molar-refractivity contribution in [2.45, 2.75) is 6.42 Å². The van der Waals surface area contributed by atoms with Crippen molar-refractivity contribution in [2.75, 3.05) is 19.0 Å². The number of benzene rings is 1. The van der Waals surface area contributed by atoms with Crippen LogP contribution >= 0.6 is 0 Å². The highest BCUT2D eigenvalue weighted by atomic mass is 19.1. The Morgan fingerprint density at radius 2 is 2.17 bits per heavy atom. The van der Waals surface area contributed by atoms with Crippen molar-refractivity contribution in [3.8, 4) is 17.0 Å². The Bertz CT molecular complexity index is 1250. The number of nitrogens with zero attached hydrogens (tertiary/aromatic N) is 2. The molecule has 9 heteroatoms. The number of hydrogen-bond donors (Lipinski definition) is 4. The van der Waals surface area contributed by atoms with Gasteiger partial charge in [-0.25, -0.2) is 9.37 Å². The maximum Gasteiger partial charge on any atom is 0.255 e. The molecule has 29 heavy (non-hydrogen) atoms. The Hall–Kier alpha value is -3.88. The van der Waals surface area contributed by atoms with E-state index < -0.39 is 5.82 Å². The minimum absolute atomic E-state index is 0.0767. The van der Waals surface area contributed by atoms with Crippen molar-refractivity contribution in [1.29, 1.82) is 0 Å². The highest BCUT2D eigenvalue weighted by Gasteiger charge is 2.28. The minimum atomic E-state index is -0.492. The molecular formula is C20H17FN6O2. The van der Waals surface area contributed by atoms with Gasteiger partial charge < -0.3 is 20.4 Å². The maximum absolute atomic E-state index is 14.2. The second-order valence-corrected chi connectivity index (χ2v) is 6.67. The van der Waals surface area contributed by atoms with Crippen LogP contribution in [0.15, 0.2) is 36.7 Å². The second-order valence-electron chi connectivity index (χ2n) is 6.67. The summed E-state index contributed by atoms with van der Waals surface area (Å²) in [5.74, 6) is -0.606. The molecule has 1 amide bonds. The van der Waals surface area contributed by atoms with E-state index in [1.807, 2.05) is 6.07 Å². The number of H-pyrrole nitrogens is 2. The van der Waals surface area contributed by atoms with Crippen LogP contribution in [0, 0.1) is 5.82 Å². The SMILES string of the molecule is COc1c(F)cccc1Nc1c(-c2ccnc3[nH]ncc23)[nH]c2c1C(=O)NCC2. The predicted molar refractivity (Wildman–Crippen MR) is 106 cm³/mol. The number of anilines is 2. The Morgan fingerprint density at radius 1 is 1.28 bits per heavy atom. The van der Waals surface area contributed by atoms with E-state index in [2.05, 4.69) is 30.8 Å². The first-order valence-corrected chi connectivity index (χ1v) is 9.08. The number of carbonyl (C=O) groups excluding carboxylic acids is 1. The van der Waals surface area contributed by atoms with E-state index in [0.29, 0.717) is 41.2 Å². The predicted octanol–water partition coefficient (Wildman–Crippen LogP) is 3.13. The number of carbonyl (C=O) groups is 1. The molecule has 0 radical (unpaired) electrons. The van der Waals surface area contributed by atoms with Gasteiger partial charge in [-0.3, -0.25) is 9.89 Å². The molecule has 0 unspecified atom stereocenters. The first-order chi connectivity index (χ1) is 14.2. The summed E-state index contributed by atoms with van der Waals surface area (Å²) >= 11 is 0. The van der Waals surface area contributed by atoms with Crippen molar-refractivity contribution < 1.29 is 13.9 Å². The number of methoxy groups -OCH3 is 1. The van der Waals surface area contributed by atoms with Crippen molar-refractivity contribution in [1.82, 2.24) is 25.5 Å². The molecule has 8 nitrogen and oxygen atoms in total. The number of fused-ring (bicyclic) bond motifs is 2. The molecule has 0 saturated carbocycles. The van der Waals surface area contributed by atoms with Gasteiger partial charge in [-0.15, -0.1) is 0 Å². The van der Waals surface area contributed by atoms with Gasteiger partial charge in [0.1, 0.15) is 0 Å². The van der Waals surface area contributed by atoms with Gasteiger partial charge >= 0.3 is 0 Å². The molecule has 4 N–H and O–H groups in total. The molecular weight excluding hydrogens is 375 g/mol. The van der Waals surface area contributed by atoms with E-state index in [1.165, 1.54) is 13.2 Å². The Kier molecular flexibility index (Phi) is 3.94. The zero-order valence-electron chi connectivity index (χ0n) is 15.5. The van der Waals surface area contributed by atoms with Gasteiger partial charge in [0, 0.05) is 35.8 Å². The van der Waals surface area contributed by atoms with Gasteiger partial charge in [0.25, 0.3) is 5.91 Å². The van der Waals surface area contributed by atoms with Gasteiger partial charge in [0.15, 0.2) is 17.2 Å². The third-order valence-corrected chi connectivity index (χ3v) is 5.02. The Balaban J connectivity index is 1.74. The third-order valence-electron chi connectivity index (χ3n) is 5.02. The lowest BCUT2D eigenvalue weighted by molar-refractivity contribution is 0.0947. The van der Waals surface area contributed by atoms with Crippen LogP contribution in [0.4, 0.5) is 15.8 Å². The molecule has 0 bridgehead atoms. The molecule has 1 aromatic carbocycles. The topological polar surface area (TPSA) is 108 Å². The number of amides is 1. The number of hydrogen-bond acceptors (Lipinski definition) is 5. The van der Waals surface area contributed by atoms with Crippen molar-refractivity contribution in [3.63, 3.8) is 0 Å². The van der Waals surface area contributed by atoms with E-state index >= 15 is 0 Å². The van der Waals surface area contributed by atoms with Crippen molar-refractivity contribution in [2.24, 2.45) is 0 Å². The van der Waals surface area contributed by atoms with Crippen LogP contribution < -0.4 is 15.4 Å². The first-order valence-electron chi connectivity index (χ1n) is 9.08. The van der Waals surface area contributed by atoms with Crippen molar-refractivity contribution >= 4 is 28.3 Å². The number of nitrogens with one attached hydrogen (secondary N) is 4. The quantitative estimate of drug-likeness (QED) is 0.427. The summed E-state index contributed by atoms with van der Waals surface area (Å²) < 4.78 is 19.4. The lowest BCUT2D eigenvalue weighted by atomic mass is 10.0. The molecule has 0 aliphatic carbocycles. The van der Waals surface area contributed by atoms with E-state index in [0.717, 1.165) is 16.6 Å². The summed E-state index contributed by atoms with van der Waals surface area (Å²) in [7, 11) is 1.40. The van der Waals surface area contributed by atoms with Crippen LogP contribution in [0.1, 0.15) is 16.1 Å². The summed E-state index contributed by atoms with van der Waals surface area (Å²) in [6.07, 6.45) is 4.02. The summed E-state index contributed by atoms with van der Waals surface area (Å²) in [6, 6.07) is 6.45. The molecule has 0 saturated heterocycles. The highest BCUT2D eigenvalue weighted by molar-refractivity contribution is 6.08. The number of rotatable bonds is 4. The molecule has 4 aromatic rings. The number of para-hydroxylation sites is 1. The van der Waals surface area contributed by atoms with Gasteiger partial charge in [0.2, 0.25) is 0 Å². The number of ether oxygens (including phenoxy) is 1. The average Bonchev–Trinajstić information content (AvgIpc) is 3.34. The van der Waals surface area contributed by atoms with Crippen molar-refractivity contribution in [3.05, 3.63) is 53.7 Å². The molecule has 0 atom stereocenters. The summed E-state index contributed by atoms with van der Waals surface area (Å²) in [5.41, 5.74) is 4.45. The van der Waals surface area contributed by atoms with Crippen LogP contribution in [0.5, 0.6) is 5.75 Å². The Labute approximate surface area is 164 Å². The average molecular weight is 392 g/mol. The van der Waals surface area contributed by atoms with Gasteiger partial charge in [-0.05, 0) is 18.2 Å². The summed E-state index contributed by atoms with van der Waals surface area (Å²) in [5, 5.41) is 13.8. The van der Waals surface area contributed by atoms with E-state index in [9.17, 15) is 9.18 Å². The monoisotopic (exact) mass is 392 g/mol. The molecule has 3 aromatic heterocycles. The molecule has 1 aliphatic rings. The molecule has 146 valence electrons. The zero-order valence-corrected chi connectivity index (χ0v) is 15.5. The fourth-order valence-electron chi connectivity index (χ4n) is 3.72. The van der Waals surface area contributed by atoms with Crippen LogP contribution in [0.25, 0.3) is 22.3 Å². The summed E-state index contributed by atoms with van der Waals surface area (Å²) in [4.78, 5) is 20.3. The number of aromatic nitrogens is 4. The fourth-order valence-corrected chi connectivity index (χ4v) is 3.72. The first kappa shape index (κ1) is 17.2. The Morgan fingerprint density at radius 3 is 3.03 bits per heavy atom. The van der Waals surface area contributed by atoms with E-state index in [-0.39, 0.29) is 11.7 Å². The molecule has 1 aliphatic heterocycles. The van der Waals surface area contributed by atoms with E-state index in [4.69, 9.17) is 4.74 Å². The maximum atomic E-state index is 14.2. The summed E-state index contributed by atoms with van der Waals surface area (Å²) in [6.45, 7) is 0.548. The van der Waals surface area contributed by atoms with Gasteiger partial charge in [0.05, 0.1) is 35.9 Å². The smallest absolute Gasteiger partial charge is 0.255 e.